The van der Waals surface area contributed by atoms with Crippen LogP contribution in [0, 0.1) is 0 Å². The topological polar surface area (TPSA) is 59.9 Å². The molecule has 162 valence electrons. The summed E-state index contributed by atoms with van der Waals surface area (Å²) < 4.78 is 11.4. The maximum absolute atomic E-state index is 12.4. The molecule has 32 heavy (non-hydrogen) atoms. The van der Waals surface area contributed by atoms with Gasteiger partial charge in [-0.3, -0.25) is 4.79 Å². The Morgan fingerprint density at radius 1 is 1.03 bits per heavy atom. The first-order valence-corrected chi connectivity index (χ1v) is 11.2. The zero-order valence-corrected chi connectivity index (χ0v) is 19.3. The molecule has 5 nitrogen and oxygen atoms in total. The van der Waals surface area contributed by atoms with Gasteiger partial charge in [0, 0.05) is 15.6 Å². The molecular formula is C24H18Cl2N2O3S. The summed E-state index contributed by atoms with van der Waals surface area (Å²) >= 11 is 13.4. The van der Waals surface area contributed by atoms with E-state index in [1.807, 2.05) is 42.5 Å². The quantitative estimate of drug-likeness (QED) is 0.407. The van der Waals surface area contributed by atoms with Gasteiger partial charge in [0.2, 0.25) is 0 Å². The van der Waals surface area contributed by atoms with Crippen LogP contribution in [0.15, 0.2) is 76.6 Å². The average molecular weight is 485 g/mol. The minimum absolute atomic E-state index is 0.208. The molecule has 0 unspecified atom stereocenters. The van der Waals surface area contributed by atoms with Crippen molar-refractivity contribution in [1.29, 1.82) is 0 Å². The number of methoxy groups -OCH3 is 1. The summed E-state index contributed by atoms with van der Waals surface area (Å²) in [5.41, 5.74) is 2.39. The zero-order chi connectivity index (χ0) is 22.5. The number of halogens is 2. The second-order valence-corrected chi connectivity index (χ2v) is 8.62. The third kappa shape index (κ3) is 5.46. The number of benzene rings is 3. The lowest BCUT2D eigenvalue weighted by molar-refractivity contribution is -0.115. The molecule has 1 heterocycles. The molecule has 1 saturated heterocycles. The number of nitrogens with one attached hydrogen (secondary N) is 1. The Balaban J connectivity index is 1.49. The first-order chi connectivity index (χ1) is 15.5. The van der Waals surface area contributed by atoms with Gasteiger partial charge in [-0.1, -0.05) is 47.5 Å². The number of carbonyl (C=O) groups excluding carboxylic acids is 1. The number of rotatable bonds is 6. The fraction of sp³-hybridized carbons (Fsp3) is 0.0833. The van der Waals surface area contributed by atoms with Crippen molar-refractivity contribution in [2.45, 2.75) is 6.61 Å². The normalized spacial score (nSPS) is 15.8. The SMILES string of the molecule is COc1cc(/C=C2\SC(=Nc3ccc(Cl)cc3)NC2=O)ccc1OCc1ccccc1Cl. The number of hydrogen-bond acceptors (Lipinski definition) is 5. The van der Waals surface area contributed by atoms with E-state index >= 15 is 0 Å². The van der Waals surface area contributed by atoms with Gasteiger partial charge < -0.3 is 14.8 Å². The predicted molar refractivity (Wildman–Crippen MR) is 131 cm³/mol. The molecule has 0 aliphatic carbocycles. The number of hydrogen-bond donors (Lipinski definition) is 1. The van der Waals surface area contributed by atoms with E-state index < -0.39 is 0 Å². The number of aliphatic imine (C=N–C) groups is 1. The van der Waals surface area contributed by atoms with Crippen molar-refractivity contribution in [3.8, 4) is 11.5 Å². The Morgan fingerprint density at radius 3 is 2.56 bits per heavy atom. The van der Waals surface area contributed by atoms with Crippen molar-refractivity contribution in [3.05, 3.63) is 92.8 Å². The third-order valence-electron chi connectivity index (χ3n) is 4.53. The first-order valence-electron chi connectivity index (χ1n) is 9.61. The van der Waals surface area contributed by atoms with E-state index in [1.165, 1.54) is 11.8 Å². The molecule has 0 bridgehead atoms. The molecule has 0 atom stereocenters. The summed E-state index contributed by atoms with van der Waals surface area (Å²) in [5.74, 6) is 0.939. The smallest absolute Gasteiger partial charge is 0.264 e. The van der Waals surface area contributed by atoms with E-state index in [2.05, 4.69) is 10.3 Å². The minimum Gasteiger partial charge on any atom is -0.493 e. The predicted octanol–water partition coefficient (Wildman–Crippen LogP) is 6.47. The number of amides is 1. The van der Waals surface area contributed by atoms with Gasteiger partial charge in [0.1, 0.15) is 6.61 Å². The molecule has 0 aromatic heterocycles. The third-order valence-corrected chi connectivity index (χ3v) is 6.07. The molecule has 1 amide bonds. The van der Waals surface area contributed by atoms with E-state index in [4.69, 9.17) is 32.7 Å². The van der Waals surface area contributed by atoms with Crippen LogP contribution in [0.4, 0.5) is 5.69 Å². The Morgan fingerprint density at radius 2 is 1.81 bits per heavy atom. The number of nitrogens with zero attached hydrogens (tertiary/aromatic N) is 1. The summed E-state index contributed by atoms with van der Waals surface area (Å²) in [6.07, 6.45) is 1.78. The fourth-order valence-electron chi connectivity index (χ4n) is 2.93. The van der Waals surface area contributed by atoms with E-state index in [1.54, 1.807) is 37.5 Å². The number of ether oxygens (including phenoxy) is 2. The van der Waals surface area contributed by atoms with Crippen molar-refractivity contribution >= 4 is 57.8 Å². The van der Waals surface area contributed by atoms with Crippen molar-refractivity contribution in [1.82, 2.24) is 5.32 Å². The van der Waals surface area contributed by atoms with Crippen LogP contribution in [0.2, 0.25) is 10.0 Å². The molecule has 4 rings (SSSR count). The van der Waals surface area contributed by atoms with Gasteiger partial charge in [0.15, 0.2) is 16.7 Å². The highest BCUT2D eigenvalue weighted by Crippen LogP contribution is 2.33. The van der Waals surface area contributed by atoms with Crippen LogP contribution in [-0.4, -0.2) is 18.2 Å². The van der Waals surface area contributed by atoms with E-state index in [-0.39, 0.29) is 5.91 Å². The minimum atomic E-state index is -0.208. The van der Waals surface area contributed by atoms with Crippen LogP contribution < -0.4 is 14.8 Å². The lowest BCUT2D eigenvalue weighted by Crippen LogP contribution is -2.19. The summed E-state index contributed by atoms with van der Waals surface area (Å²) in [6, 6.07) is 20.1. The highest BCUT2D eigenvalue weighted by Gasteiger charge is 2.24. The molecule has 1 aliphatic rings. The molecule has 3 aromatic carbocycles. The van der Waals surface area contributed by atoms with Crippen molar-refractivity contribution in [2.75, 3.05) is 7.11 Å². The van der Waals surface area contributed by atoms with Crippen LogP contribution in [0.3, 0.4) is 0 Å². The highest BCUT2D eigenvalue weighted by molar-refractivity contribution is 8.18. The lowest BCUT2D eigenvalue weighted by atomic mass is 10.2. The zero-order valence-electron chi connectivity index (χ0n) is 17.0. The Hall–Kier alpha value is -2.93. The first kappa shape index (κ1) is 22.3. The number of carbonyl (C=O) groups is 1. The van der Waals surface area contributed by atoms with Gasteiger partial charge in [-0.05, 0) is 65.9 Å². The van der Waals surface area contributed by atoms with Crippen LogP contribution >= 0.6 is 35.0 Å². The molecule has 0 radical (unpaired) electrons. The van der Waals surface area contributed by atoms with Crippen LogP contribution in [0.1, 0.15) is 11.1 Å². The molecule has 3 aromatic rings. The second-order valence-electron chi connectivity index (χ2n) is 6.75. The van der Waals surface area contributed by atoms with Crippen molar-refractivity contribution in [3.63, 3.8) is 0 Å². The van der Waals surface area contributed by atoms with Gasteiger partial charge in [-0.2, -0.15) is 0 Å². The van der Waals surface area contributed by atoms with Gasteiger partial charge in [0.05, 0.1) is 17.7 Å². The number of thioether (sulfide) groups is 1. The van der Waals surface area contributed by atoms with Crippen molar-refractivity contribution < 1.29 is 14.3 Å². The van der Waals surface area contributed by atoms with E-state index in [0.29, 0.717) is 43.9 Å². The van der Waals surface area contributed by atoms with E-state index in [9.17, 15) is 4.79 Å². The maximum atomic E-state index is 12.4. The average Bonchev–Trinajstić information content (AvgIpc) is 3.13. The maximum Gasteiger partial charge on any atom is 0.264 e. The van der Waals surface area contributed by atoms with Gasteiger partial charge >= 0.3 is 0 Å². The molecule has 8 heteroatoms. The molecule has 1 fully saturated rings. The molecule has 1 aliphatic heterocycles. The van der Waals surface area contributed by atoms with Crippen LogP contribution in [0.25, 0.3) is 6.08 Å². The Labute approximate surface area is 200 Å². The molecule has 0 saturated carbocycles. The molecular weight excluding hydrogens is 467 g/mol. The summed E-state index contributed by atoms with van der Waals surface area (Å²) in [7, 11) is 1.57. The van der Waals surface area contributed by atoms with Gasteiger partial charge in [-0.15, -0.1) is 0 Å². The van der Waals surface area contributed by atoms with E-state index in [0.717, 1.165) is 11.1 Å². The summed E-state index contributed by atoms with van der Waals surface area (Å²) in [6.45, 7) is 0.319. The molecule has 1 N–H and O–H groups in total. The standard InChI is InChI=1S/C24H18Cl2N2O3S/c1-30-21-12-15(6-11-20(21)31-14-16-4-2-3-5-19(16)26)13-22-23(29)28-24(32-22)27-18-9-7-17(25)8-10-18/h2-13H,14H2,1H3,(H,27,28,29)/b22-13-. The van der Waals surface area contributed by atoms with Crippen LogP contribution in [0.5, 0.6) is 11.5 Å². The van der Waals surface area contributed by atoms with Gasteiger partial charge in [0.25, 0.3) is 5.91 Å². The summed E-state index contributed by atoms with van der Waals surface area (Å²) in [5, 5.41) is 4.56. The molecule has 0 spiro atoms. The van der Waals surface area contributed by atoms with Crippen molar-refractivity contribution in [2.24, 2.45) is 4.99 Å². The van der Waals surface area contributed by atoms with Gasteiger partial charge in [-0.25, -0.2) is 4.99 Å². The van der Waals surface area contributed by atoms with Crippen LogP contribution in [-0.2, 0) is 11.4 Å². The summed E-state index contributed by atoms with van der Waals surface area (Å²) in [4.78, 5) is 17.3. The highest BCUT2D eigenvalue weighted by atomic mass is 35.5. The Kier molecular flexibility index (Phi) is 7.05. The fourth-order valence-corrected chi connectivity index (χ4v) is 4.09. The lowest BCUT2D eigenvalue weighted by Gasteiger charge is -2.12. The Bertz CT molecular complexity index is 1210. The monoisotopic (exact) mass is 484 g/mol. The largest absolute Gasteiger partial charge is 0.493 e. The second kappa shape index (κ2) is 10.1. The number of amidine groups is 1.